The topological polar surface area (TPSA) is 61.4 Å². The van der Waals surface area contributed by atoms with E-state index in [1.165, 1.54) is 11.8 Å². The maximum absolute atomic E-state index is 13.0. The highest BCUT2D eigenvalue weighted by Gasteiger charge is 2.32. The summed E-state index contributed by atoms with van der Waals surface area (Å²) in [6, 6.07) is 15.7. The van der Waals surface area contributed by atoms with E-state index in [1.54, 1.807) is 11.2 Å². The van der Waals surface area contributed by atoms with Crippen molar-refractivity contribution in [2.45, 2.75) is 19.8 Å². The van der Waals surface area contributed by atoms with Gasteiger partial charge in [0.25, 0.3) is 5.91 Å². The second kappa shape index (κ2) is 7.80. The molecule has 0 bridgehead atoms. The number of imidazole rings is 1. The molecule has 27 heavy (non-hydrogen) atoms. The molecule has 1 saturated heterocycles. The Hall–Kier alpha value is -2.86. The molecule has 1 aromatic heterocycles. The molecule has 0 radical (unpaired) electrons. The largest absolute Gasteiger partial charge is 0.345 e. The molecule has 136 valence electrons. The zero-order chi connectivity index (χ0) is 18.6. The molecule has 1 fully saturated rings. The van der Waals surface area contributed by atoms with Gasteiger partial charge in [-0.3, -0.25) is 9.69 Å². The summed E-state index contributed by atoms with van der Waals surface area (Å²) >= 11 is 1.43. The average molecular weight is 376 g/mol. The number of carbonyl (C=O) groups excluding carboxylic acids is 1. The van der Waals surface area contributed by atoms with Crippen molar-refractivity contribution in [3.05, 3.63) is 65.3 Å². The molecule has 0 atom stereocenters. The van der Waals surface area contributed by atoms with Crippen LogP contribution in [0.4, 0.5) is 5.69 Å². The number of H-pyrrole nitrogens is 1. The van der Waals surface area contributed by atoms with Gasteiger partial charge in [-0.05, 0) is 54.1 Å². The fourth-order valence-corrected chi connectivity index (χ4v) is 3.93. The van der Waals surface area contributed by atoms with Crippen LogP contribution in [0.15, 0.2) is 64.8 Å². The van der Waals surface area contributed by atoms with E-state index in [0.717, 1.165) is 40.3 Å². The first-order valence-electron chi connectivity index (χ1n) is 9.03. The van der Waals surface area contributed by atoms with E-state index < -0.39 is 0 Å². The molecule has 1 N–H and O–H groups in total. The van der Waals surface area contributed by atoms with Gasteiger partial charge in [-0.15, -0.1) is 0 Å². The monoisotopic (exact) mass is 376 g/mol. The SMILES string of the molecule is CCCCN1C(=O)C(=Cc2ccc3[nH]cnc3c2)SC1=Nc1ccccc1. The number of aromatic nitrogens is 2. The molecule has 4 rings (SSSR count). The fourth-order valence-electron chi connectivity index (χ4n) is 2.91. The molecule has 0 unspecified atom stereocenters. The Balaban J connectivity index is 1.67. The van der Waals surface area contributed by atoms with Crippen molar-refractivity contribution >= 4 is 45.6 Å². The summed E-state index contributed by atoms with van der Waals surface area (Å²) in [7, 11) is 0. The van der Waals surface area contributed by atoms with Gasteiger partial charge in [-0.25, -0.2) is 9.98 Å². The predicted octanol–water partition coefficient (Wildman–Crippen LogP) is 4.97. The van der Waals surface area contributed by atoms with E-state index in [0.29, 0.717) is 11.4 Å². The highest BCUT2D eigenvalue weighted by molar-refractivity contribution is 8.18. The Morgan fingerprint density at radius 1 is 1.22 bits per heavy atom. The number of amides is 1. The normalized spacial score (nSPS) is 17.5. The van der Waals surface area contributed by atoms with Crippen LogP contribution < -0.4 is 0 Å². The number of hydrogen-bond acceptors (Lipinski definition) is 4. The number of benzene rings is 2. The van der Waals surface area contributed by atoms with Crippen LogP contribution in [0.1, 0.15) is 25.3 Å². The number of para-hydroxylation sites is 1. The van der Waals surface area contributed by atoms with Gasteiger partial charge in [0.1, 0.15) is 0 Å². The van der Waals surface area contributed by atoms with Crippen molar-refractivity contribution < 1.29 is 4.79 Å². The van der Waals surface area contributed by atoms with Crippen LogP contribution in [0.3, 0.4) is 0 Å². The Labute approximate surface area is 162 Å². The first-order valence-corrected chi connectivity index (χ1v) is 9.84. The molecule has 0 aliphatic carbocycles. The van der Waals surface area contributed by atoms with Gasteiger partial charge in [-0.1, -0.05) is 37.6 Å². The Morgan fingerprint density at radius 2 is 2.07 bits per heavy atom. The summed E-state index contributed by atoms with van der Waals surface area (Å²) in [5, 5.41) is 0.742. The number of nitrogens with one attached hydrogen (secondary N) is 1. The van der Waals surface area contributed by atoms with Crippen molar-refractivity contribution in [1.29, 1.82) is 0 Å². The number of fused-ring (bicyclic) bond motifs is 1. The smallest absolute Gasteiger partial charge is 0.266 e. The van der Waals surface area contributed by atoms with E-state index in [9.17, 15) is 4.79 Å². The first-order chi connectivity index (χ1) is 13.2. The van der Waals surface area contributed by atoms with Crippen molar-refractivity contribution in [2.24, 2.45) is 4.99 Å². The second-order valence-corrected chi connectivity index (χ2v) is 7.34. The lowest BCUT2D eigenvalue weighted by molar-refractivity contribution is -0.122. The molecule has 3 aromatic rings. The fraction of sp³-hybridized carbons (Fsp3) is 0.190. The molecular formula is C21H20N4OS. The standard InChI is InChI=1S/C21H20N4OS/c1-2-3-11-25-20(26)19(27-21(25)24-16-7-5-4-6-8-16)13-15-9-10-17-18(12-15)23-14-22-17/h4-10,12-14H,2-3,11H2,1H3,(H,22,23). The molecule has 1 aliphatic rings. The lowest BCUT2D eigenvalue weighted by Crippen LogP contribution is -2.30. The number of aliphatic imine (C=N–C) groups is 1. The van der Waals surface area contributed by atoms with Crippen molar-refractivity contribution in [1.82, 2.24) is 14.9 Å². The Kier molecular flexibility index (Phi) is 5.07. The highest BCUT2D eigenvalue weighted by atomic mass is 32.2. The number of aromatic amines is 1. The van der Waals surface area contributed by atoms with Crippen LogP contribution in [0, 0.1) is 0 Å². The third-order valence-corrected chi connectivity index (χ3v) is 5.35. The molecular weight excluding hydrogens is 356 g/mol. The molecule has 5 nitrogen and oxygen atoms in total. The molecule has 1 amide bonds. The Bertz CT molecular complexity index is 1020. The molecule has 2 heterocycles. The van der Waals surface area contributed by atoms with E-state index in [2.05, 4.69) is 16.9 Å². The van der Waals surface area contributed by atoms with Crippen LogP contribution in [0.25, 0.3) is 17.1 Å². The minimum Gasteiger partial charge on any atom is -0.345 e. The van der Waals surface area contributed by atoms with Crippen molar-refractivity contribution in [2.75, 3.05) is 6.54 Å². The summed E-state index contributed by atoms with van der Waals surface area (Å²) in [4.78, 5) is 27.5. The van der Waals surface area contributed by atoms with E-state index in [-0.39, 0.29) is 5.91 Å². The summed E-state index contributed by atoms with van der Waals surface area (Å²) in [6.07, 6.45) is 5.58. The molecule has 0 spiro atoms. The molecule has 0 saturated carbocycles. The lowest BCUT2D eigenvalue weighted by atomic mass is 10.2. The summed E-state index contributed by atoms with van der Waals surface area (Å²) in [6.45, 7) is 2.81. The quantitative estimate of drug-likeness (QED) is 0.640. The van der Waals surface area contributed by atoms with Crippen LogP contribution in [-0.4, -0.2) is 32.5 Å². The van der Waals surface area contributed by atoms with Gasteiger partial charge in [0, 0.05) is 6.54 Å². The van der Waals surface area contributed by atoms with E-state index >= 15 is 0 Å². The zero-order valence-electron chi connectivity index (χ0n) is 15.1. The maximum Gasteiger partial charge on any atom is 0.266 e. The van der Waals surface area contributed by atoms with Gasteiger partial charge < -0.3 is 4.98 Å². The van der Waals surface area contributed by atoms with Crippen LogP contribution in [0.5, 0.6) is 0 Å². The minimum atomic E-state index is 0.0188. The molecule has 2 aromatic carbocycles. The van der Waals surface area contributed by atoms with Gasteiger partial charge in [0.15, 0.2) is 5.17 Å². The number of unbranched alkanes of at least 4 members (excludes halogenated alkanes) is 1. The van der Waals surface area contributed by atoms with Crippen molar-refractivity contribution in [3.63, 3.8) is 0 Å². The van der Waals surface area contributed by atoms with Crippen LogP contribution in [-0.2, 0) is 4.79 Å². The summed E-state index contributed by atoms with van der Waals surface area (Å²) < 4.78 is 0. The van der Waals surface area contributed by atoms with Gasteiger partial charge in [0.05, 0.1) is 28.0 Å². The number of nitrogens with zero attached hydrogens (tertiary/aromatic N) is 3. The number of amidine groups is 1. The molecule has 6 heteroatoms. The number of rotatable bonds is 5. The van der Waals surface area contributed by atoms with Gasteiger partial charge in [-0.2, -0.15) is 0 Å². The van der Waals surface area contributed by atoms with E-state index in [1.807, 2.05) is 54.6 Å². The maximum atomic E-state index is 13.0. The number of thioether (sulfide) groups is 1. The number of carbonyl (C=O) groups is 1. The lowest BCUT2D eigenvalue weighted by Gasteiger charge is -2.14. The first kappa shape index (κ1) is 17.5. The minimum absolute atomic E-state index is 0.0188. The van der Waals surface area contributed by atoms with Gasteiger partial charge >= 0.3 is 0 Å². The summed E-state index contributed by atoms with van der Waals surface area (Å²) in [5.74, 6) is 0.0188. The molecule has 1 aliphatic heterocycles. The number of hydrogen-bond donors (Lipinski definition) is 1. The summed E-state index contributed by atoms with van der Waals surface area (Å²) in [5.41, 5.74) is 3.69. The third-order valence-electron chi connectivity index (χ3n) is 4.35. The van der Waals surface area contributed by atoms with Gasteiger partial charge in [0.2, 0.25) is 0 Å². The van der Waals surface area contributed by atoms with Crippen LogP contribution in [0.2, 0.25) is 0 Å². The highest BCUT2D eigenvalue weighted by Crippen LogP contribution is 2.34. The van der Waals surface area contributed by atoms with Crippen LogP contribution >= 0.6 is 11.8 Å². The zero-order valence-corrected chi connectivity index (χ0v) is 15.9. The van der Waals surface area contributed by atoms with E-state index in [4.69, 9.17) is 4.99 Å². The van der Waals surface area contributed by atoms with Crippen molar-refractivity contribution in [3.8, 4) is 0 Å². The average Bonchev–Trinajstić information content (AvgIpc) is 3.26. The predicted molar refractivity (Wildman–Crippen MR) is 112 cm³/mol. The Morgan fingerprint density at radius 3 is 2.89 bits per heavy atom. The third kappa shape index (κ3) is 3.80. The second-order valence-electron chi connectivity index (χ2n) is 6.33.